The Labute approximate surface area is 308 Å². The van der Waals surface area contributed by atoms with Crippen molar-refractivity contribution in [2.75, 3.05) is 4.90 Å². The lowest BCUT2D eigenvalue weighted by atomic mass is 9.82. The highest BCUT2D eigenvalue weighted by Gasteiger charge is 2.36. The summed E-state index contributed by atoms with van der Waals surface area (Å²) >= 11 is 0. The van der Waals surface area contributed by atoms with Gasteiger partial charge in [-0.15, -0.1) is 0 Å². The number of hydrogen-bond donors (Lipinski definition) is 0. The Morgan fingerprint density at radius 3 is 1.68 bits per heavy atom. The van der Waals surface area contributed by atoms with Crippen LogP contribution in [0, 0.1) is 0 Å². The summed E-state index contributed by atoms with van der Waals surface area (Å²) in [5, 5.41) is 9.78. The van der Waals surface area contributed by atoms with Gasteiger partial charge in [0.25, 0.3) is 0 Å². The number of fused-ring (bicyclic) bond motifs is 12. The fraction of sp³-hybridized carbons (Fsp3) is 0.0588. The smallest absolute Gasteiger partial charge is 0.137 e. The first-order valence-corrected chi connectivity index (χ1v) is 18.4. The molecule has 2 heteroatoms. The predicted octanol–water partition coefficient (Wildman–Crippen LogP) is 14.5. The molecule has 10 aromatic rings. The molecular weight excluding hydrogens is 643 g/mol. The van der Waals surface area contributed by atoms with E-state index in [2.05, 4.69) is 189 Å². The lowest BCUT2D eigenvalue weighted by Gasteiger charge is -2.30. The van der Waals surface area contributed by atoms with E-state index in [9.17, 15) is 0 Å². The molecule has 250 valence electrons. The molecule has 53 heavy (non-hydrogen) atoms. The number of rotatable bonds is 4. The third kappa shape index (κ3) is 4.39. The molecule has 0 atom stereocenters. The number of anilines is 3. The maximum Gasteiger partial charge on any atom is 0.137 e. The van der Waals surface area contributed by atoms with Crippen molar-refractivity contribution in [1.82, 2.24) is 0 Å². The molecule has 0 fully saturated rings. The van der Waals surface area contributed by atoms with E-state index in [1.807, 2.05) is 6.07 Å². The lowest BCUT2D eigenvalue weighted by molar-refractivity contribution is 0.660. The van der Waals surface area contributed by atoms with Crippen LogP contribution in [0.3, 0.4) is 0 Å². The largest absolute Gasteiger partial charge is 0.456 e. The van der Waals surface area contributed by atoms with Gasteiger partial charge in [0.1, 0.15) is 11.2 Å². The molecule has 0 radical (unpaired) electrons. The summed E-state index contributed by atoms with van der Waals surface area (Å²) < 4.78 is 6.53. The summed E-state index contributed by atoms with van der Waals surface area (Å²) in [7, 11) is 0. The number of hydrogen-bond acceptors (Lipinski definition) is 2. The highest BCUT2D eigenvalue weighted by atomic mass is 16.3. The Morgan fingerprint density at radius 1 is 0.377 bits per heavy atom. The molecule has 0 saturated carbocycles. The van der Waals surface area contributed by atoms with Crippen molar-refractivity contribution in [1.29, 1.82) is 0 Å². The van der Waals surface area contributed by atoms with Gasteiger partial charge in [0, 0.05) is 39.2 Å². The number of para-hydroxylation sites is 1. The summed E-state index contributed by atoms with van der Waals surface area (Å²) in [5.74, 6) is 0. The first kappa shape index (κ1) is 30.0. The van der Waals surface area contributed by atoms with Gasteiger partial charge < -0.3 is 9.32 Å². The lowest BCUT2D eigenvalue weighted by Crippen LogP contribution is -2.17. The Morgan fingerprint density at radius 2 is 0.925 bits per heavy atom. The molecule has 0 amide bonds. The van der Waals surface area contributed by atoms with Crippen molar-refractivity contribution < 1.29 is 4.42 Å². The number of benzene rings is 9. The van der Waals surface area contributed by atoms with Crippen molar-refractivity contribution in [2.24, 2.45) is 0 Å². The Hall–Kier alpha value is -6.64. The van der Waals surface area contributed by atoms with Crippen LogP contribution in [-0.4, -0.2) is 0 Å². The second-order valence-electron chi connectivity index (χ2n) is 14.9. The van der Waals surface area contributed by atoms with Crippen LogP contribution in [0.25, 0.3) is 76.5 Å². The molecule has 0 bridgehead atoms. The van der Waals surface area contributed by atoms with E-state index >= 15 is 0 Å². The van der Waals surface area contributed by atoms with Crippen molar-refractivity contribution >= 4 is 71.3 Å². The molecule has 0 saturated heterocycles. The average Bonchev–Trinajstić information content (AvgIpc) is 3.69. The maximum absolute atomic E-state index is 6.53. The third-order valence-electron chi connectivity index (χ3n) is 11.6. The van der Waals surface area contributed by atoms with Gasteiger partial charge in [0.2, 0.25) is 0 Å². The fourth-order valence-corrected chi connectivity index (χ4v) is 9.09. The van der Waals surface area contributed by atoms with Gasteiger partial charge >= 0.3 is 0 Å². The average molecular weight is 678 g/mol. The van der Waals surface area contributed by atoms with E-state index < -0.39 is 0 Å². The van der Waals surface area contributed by atoms with Gasteiger partial charge in [-0.2, -0.15) is 0 Å². The van der Waals surface area contributed by atoms with Crippen LogP contribution in [0.15, 0.2) is 180 Å². The zero-order valence-electron chi connectivity index (χ0n) is 29.6. The topological polar surface area (TPSA) is 16.4 Å². The first-order chi connectivity index (χ1) is 26.0. The van der Waals surface area contributed by atoms with Crippen LogP contribution >= 0.6 is 0 Å². The Bertz CT molecular complexity index is 3090. The highest BCUT2D eigenvalue weighted by molar-refractivity contribution is 6.26. The molecule has 9 aromatic carbocycles. The SMILES string of the molecule is CC1(C)c2ccccc2-c2ccc(N(c3ccc4c(c3)oc3ccccc34)c3cc4c5ccccc5c5ccccc5c4cc3-c3ccccc3)cc21. The summed E-state index contributed by atoms with van der Waals surface area (Å²) in [5.41, 5.74) is 12.6. The quantitative estimate of drug-likeness (QED) is 0.172. The molecule has 0 unspecified atom stereocenters. The summed E-state index contributed by atoms with van der Waals surface area (Å²) in [4.78, 5) is 2.46. The standard InChI is InChI=1S/C51H35NO/c1-51(2)46-22-12-10-20-39(46)40-26-24-33(28-47(40)51)52(34-25-27-42-41-21-11-13-23-49(41)53-50(42)29-34)48-31-45-38-19-9-7-17-36(38)35-16-6-8-18-37(35)44(45)30-43(48)32-14-4-3-5-15-32/h3-31H,1-2H3. The zero-order chi connectivity index (χ0) is 35.3. The number of nitrogens with zero attached hydrogens (tertiary/aromatic N) is 1. The van der Waals surface area contributed by atoms with E-state index in [0.717, 1.165) is 39.0 Å². The molecule has 1 aromatic heterocycles. The molecule has 0 N–H and O–H groups in total. The third-order valence-corrected chi connectivity index (χ3v) is 11.6. The van der Waals surface area contributed by atoms with Gasteiger partial charge in [-0.05, 0) is 103 Å². The Kier molecular flexibility index (Phi) is 6.33. The second kappa shape index (κ2) is 11.2. The van der Waals surface area contributed by atoms with Gasteiger partial charge in [0.15, 0.2) is 0 Å². The monoisotopic (exact) mass is 677 g/mol. The van der Waals surface area contributed by atoms with Crippen LogP contribution in [0.1, 0.15) is 25.0 Å². The van der Waals surface area contributed by atoms with Crippen molar-refractivity contribution in [3.05, 3.63) is 187 Å². The van der Waals surface area contributed by atoms with Crippen LogP contribution in [0.5, 0.6) is 0 Å². The molecule has 0 aliphatic heterocycles. The minimum atomic E-state index is -0.142. The van der Waals surface area contributed by atoms with Gasteiger partial charge in [-0.1, -0.05) is 141 Å². The maximum atomic E-state index is 6.53. The highest BCUT2D eigenvalue weighted by Crippen LogP contribution is 2.52. The van der Waals surface area contributed by atoms with Crippen LogP contribution in [0.2, 0.25) is 0 Å². The van der Waals surface area contributed by atoms with E-state index in [0.29, 0.717) is 0 Å². The van der Waals surface area contributed by atoms with Gasteiger partial charge in [-0.3, -0.25) is 0 Å². The van der Waals surface area contributed by atoms with Gasteiger partial charge in [-0.25, -0.2) is 0 Å². The molecule has 0 spiro atoms. The van der Waals surface area contributed by atoms with Crippen LogP contribution in [-0.2, 0) is 5.41 Å². The van der Waals surface area contributed by atoms with E-state index in [1.54, 1.807) is 0 Å². The molecule has 2 nitrogen and oxygen atoms in total. The van der Waals surface area contributed by atoms with E-state index in [-0.39, 0.29) is 5.41 Å². The molecule has 1 heterocycles. The van der Waals surface area contributed by atoms with Crippen LogP contribution < -0.4 is 4.90 Å². The molecule has 11 rings (SSSR count). The van der Waals surface area contributed by atoms with E-state index in [4.69, 9.17) is 4.42 Å². The fourth-order valence-electron chi connectivity index (χ4n) is 9.09. The normalized spacial score (nSPS) is 13.2. The van der Waals surface area contributed by atoms with Gasteiger partial charge in [0.05, 0.1) is 5.69 Å². The second-order valence-corrected chi connectivity index (χ2v) is 14.9. The molecular formula is C51H35NO. The molecule has 1 aliphatic carbocycles. The minimum Gasteiger partial charge on any atom is -0.456 e. The number of furan rings is 1. The minimum absolute atomic E-state index is 0.142. The predicted molar refractivity (Wildman–Crippen MR) is 224 cm³/mol. The first-order valence-electron chi connectivity index (χ1n) is 18.4. The Balaban J connectivity index is 1.25. The zero-order valence-corrected chi connectivity index (χ0v) is 29.6. The van der Waals surface area contributed by atoms with Crippen LogP contribution in [0.4, 0.5) is 17.1 Å². The molecule has 1 aliphatic rings. The van der Waals surface area contributed by atoms with Crippen molar-refractivity contribution in [2.45, 2.75) is 19.3 Å². The van der Waals surface area contributed by atoms with Crippen molar-refractivity contribution in [3.8, 4) is 22.3 Å². The summed E-state index contributed by atoms with van der Waals surface area (Å²) in [6.07, 6.45) is 0. The van der Waals surface area contributed by atoms with Crippen molar-refractivity contribution in [3.63, 3.8) is 0 Å². The van der Waals surface area contributed by atoms with E-state index in [1.165, 1.54) is 65.7 Å². The summed E-state index contributed by atoms with van der Waals surface area (Å²) in [6, 6.07) is 64.3. The summed E-state index contributed by atoms with van der Waals surface area (Å²) in [6.45, 7) is 4.71.